The van der Waals surface area contributed by atoms with Gasteiger partial charge in [0.15, 0.2) is 11.5 Å². The molecule has 0 atom stereocenters. The van der Waals surface area contributed by atoms with Crippen LogP contribution in [-0.2, 0) is 0 Å². The number of hydrogen-bond acceptors (Lipinski definition) is 9. The van der Waals surface area contributed by atoms with Crippen molar-refractivity contribution >= 4 is 11.7 Å². The van der Waals surface area contributed by atoms with Crippen LogP contribution in [0.15, 0.2) is 34.7 Å². The molecule has 3 rings (SSSR count). The number of hydrogen-bond donors (Lipinski definition) is 1. The summed E-state index contributed by atoms with van der Waals surface area (Å²) in [5, 5.41) is 11.2. The second-order valence-electron chi connectivity index (χ2n) is 5.52. The van der Waals surface area contributed by atoms with E-state index in [2.05, 4.69) is 15.5 Å². The Hall–Kier alpha value is -3.62. The number of nitrogens with one attached hydrogen (secondary N) is 1. The predicted molar refractivity (Wildman–Crippen MR) is 102 cm³/mol. The number of methoxy groups -OCH3 is 5. The number of rotatable bonds is 8. The highest BCUT2D eigenvalue weighted by Crippen LogP contribution is 2.41. The van der Waals surface area contributed by atoms with Gasteiger partial charge in [0.25, 0.3) is 0 Å². The topological polar surface area (TPSA) is 97.1 Å². The summed E-state index contributed by atoms with van der Waals surface area (Å²) in [5.74, 6) is 3.00. The molecule has 1 aromatic heterocycles. The molecule has 0 fully saturated rings. The maximum atomic E-state index is 5.74. The summed E-state index contributed by atoms with van der Waals surface area (Å²) in [7, 11) is 7.77. The standard InChI is InChI=1S/C19H21N3O6/c1-23-12-6-7-14(24-2)13(10-12)20-19-22-21-18(28-19)11-8-15(25-3)17(27-5)16(9-11)26-4/h6-10H,1-5H3,(H,20,22). The molecule has 1 N–H and O–H groups in total. The Bertz CT molecular complexity index is 932. The average molecular weight is 387 g/mol. The number of benzene rings is 2. The highest BCUT2D eigenvalue weighted by Gasteiger charge is 2.18. The third kappa shape index (κ3) is 3.73. The molecule has 148 valence electrons. The third-order valence-corrected chi connectivity index (χ3v) is 3.98. The van der Waals surface area contributed by atoms with Gasteiger partial charge in [-0.05, 0) is 24.3 Å². The summed E-state index contributed by atoms with van der Waals surface area (Å²) in [6.45, 7) is 0. The van der Waals surface area contributed by atoms with Crippen LogP contribution in [0.25, 0.3) is 11.5 Å². The van der Waals surface area contributed by atoms with Crippen molar-refractivity contribution in [1.29, 1.82) is 0 Å². The van der Waals surface area contributed by atoms with E-state index in [1.54, 1.807) is 44.6 Å². The van der Waals surface area contributed by atoms with Gasteiger partial charge in [-0.25, -0.2) is 0 Å². The van der Waals surface area contributed by atoms with Crippen LogP contribution in [0.2, 0.25) is 0 Å². The Morgan fingerprint density at radius 3 is 2.00 bits per heavy atom. The molecule has 0 aliphatic heterocycles. The Morgan fingerprint density at radius 2 is 1.43 bits per heavy atom. The van der Waals surface area contributed by atoms with Crippen LogP contribution in [0.4, 0.5) is 11.7 Å². The first-order valence-electron chi connectivity index (χ1n) is 8.26. The van der Waals surface area contributed by atoms with Crippen LogP contribution in [0.5, 0.6) is 28.7 Å². The van der Waals surface area contributed by atoms with E-state index in [1.807, 2.05) is 0 Å². The van der Waals surface area contributed by atoms with Gasteiger partial charge in [0, 0.05) is 11.6 Å². The van der Waals surface area contributed by atoms with Crippen molar-refractivity contribution in [2.24, 2.45) is 0 Å². The third-order valence-electron chi connectivity index (χ3n) is 3.98. The number of anilines is 2. The van der Waals surface area contributed by atoms with E-state index in [-0.39, 0.29) is 11.9 Å². The molecule has 1 heterocycles. The fourth-order valence-electron chi connectivity index (χ4n) is 2.62. The Balaban J connectivity index is 1.93. The van der Waals surface area contributed by atoms with Crippen LogP contribution in [-0.4, -0.2) is 45.7 Å². The molecule has 0 unspecified atom stereocenters. The van der Waals surface area contributed by atoms with Gasteiger partial charge in [-0.3, -0.25) is 0 Å². The smallest absolute Gasteiger partial charge is 0.320 e. The van der Waals surface area contributed by atoms with Crippen molar-refractivity contribution in [3.05, 3.63) is 30.3 Å². The summed E-state index contributed by atoms with van der Waals surface area (Å²) in [6, 6.07) is 8.98. The molecule has 0 saturated heterocycles. The van der Waals surface area contributed by atoms with Crippen molar-refractivity contribution in [3.63, 3.8) is 0 Å². The van der Waals surface area contributed by atoms with Gasteiger partial charge in [-0.15, -0.1) is 5.10 Å². The molecule has 0 saturated carbocycles. The zero-order valence-corrected chi connectivity index (χ0v) is 16.2. The van der Waals surface area contributed by atoms with Gasteiger partial charge < -0.3 is 33.4 Å². The maximum Gasteiger partial charge on any atom is 0.320 e. The van der Waals surface area contributed by atoms with Crippen LogP contribution >= 0.6 is 0 Å². The second-order valence-corrected chi connectivity index (χ2v) is 5.52. The summed E-state index contributed by atoms with van der Waals surface area (Å²) >= 11 is 0. The molecule has 0 spiro atoms. The molecule has 0 radical (unpaired) electrons. The lowest BCUT2D eigenvalue weighted by Gasteiger charge is -2.12. The largest absolute Gasteiger partial charge is 0.497 e. The molecule has 9 nitrogen and oxygen atoms in total. The zero-order chi connectivity index (χ0) is 20.1. The van der Waals surface area contributed by atoms with Crippen molar-refractivity contribution < 1.29 is 28.1 Å². The molecule has 0 aliphatic carbocycles. The minimum atomic E-state index is 0.190. The van der Waals surface area contributed by atoms with Gasteiger partial charge in [0.05, 0.1) is 41.2 Å². The summed E-state index contributed by atoms with van der Waals surface area (Å²) in [6.07, 6.45) is 0. The molecule has 2 aromatic carbocycles. The van der Waals surface area contributed by atoms with E-state index in [4.69, 9.17) is 28.1 Å². The molecule has 0 amide bonds. The minimum absolute atomic E-state index is 0.190. The Morgan fingerprint density at radius 1 is 0.750 bits per heavy atom. The van der Waals surface area contributed by atoms with Gasteiger partial charge in [0.2, 0.25) is 11.6 Å². The van der Waals surface area contributed by atoms with E-state index in [0.717, 1.165) is 0 Å². The first-order chi connectivity index (χ1) is 13.6. The van der Waals surface area contributed by atoms with Crippen molar-refractivity contribution in [2.45, 2.75) is 0 Å². The quantitative estimate of drug-likeness (QED) is 0.622. The Kier molecular flexibility index (Phi) is 5.73. The predicted octanol–water partition coefficient (Wildman–Crippen LogP) is 3.52. The highest BCUT2D eigenvalue weighted by atomic mass is 16.5. The molecular formula is C19H21N3O6. The van der Waals surface area contributed by atoms with Crippen molar-refractivity contribution in [2.75, 3.05) is 40.9 Å². The van der Waals surface area contributed by atoms with E-state index >= 15 is 0 Å². The monoisotopic (exact) mass is 387 g/mol. The van der Waals surface area contributed by atoms with Gasteiger partial charge in [0.1, 0.15) is 11.5 Å². The van der Waals surface area contributed by atoms with Gasteiger partial charge in [-0.1, -0.05) is 5.10 Å². The van der Waals surface area contributed by atoms with Crippen LogP contribution in [0, 0.1) is 0 Å². The van der Waals surface area contributed by atoms with Crippen LogP contribution < -0.4 is 29.0 Å². The zero-order valence-electron chi connectivity index (χ0n) is 16.2. The van der Waals surface area contributed by atoms with Crippen molar-refractivity contribution in [3.8, 4) is 40.2 Å². The van der Waals surface area contributed by atoms with Gasteiger partial charge >= 0.3 is 6.01 Å². The lowest BCUT2D eigenvalue weighted by Crippen LogP contribution is -1.96. The number of ether oxygens (including phenoxy) is 5. The molecule has 3 aromatic rings. The summed E-state index contributed by atoms with van der Waals surface area (Å²) < 4.78 is 32.4. The highest BCUT2D eigenvalue weighted by molar-refractivity contribution is 5.67. The Labute approximate surface area is 162 Å². The van der Waals surface area contributed by atoms with Crippen molar-refractivity contribution in [1.82, 2.24) is 10.2 Å². The summed E-state index contributed by atoms with van der Waals surface area (Å²) in [5.41, 5.74) is 1.24. The maximum absolute atomic E-state index is 5.74. The summed E-state index contributed by atoms with van der Waals surface area (Å²) in [4.78, 5) is 0. The molecule has 0 aliphatic rings. The number of nitrogens with zero attached hydrogens (tertiary/aromatic N) is 2. The normalized spacial score (nSPS) is 10.3. The molecular weight excluding hydrogens is 366 g/mol. The first-order valence-corrected chi connectivity index (χ1v) is 8.26. The molecule has 28 heavy (non-hydrogen) atoms. The van der Waals surface area contributed by atoms with E-state index in [0.29, 0.717) is 40.0 Å². The molecule has 9 heteroatoms. The van der Waals surface area contributed by atoms with E-state index in [9.17, 15) is 0 Å². The lowest BCUT2D eigenvalue weighted by atomic mass is 10.2. The van der Waals surface area contributed by atoms with Crippen LogP contribution in [0.3, 0.4) is 0 Å². The lowest BCUT2D eigenvalue weighted by molar-refractivity contribution is 0.324. The first kappa shape index (κ1) is 19.2. The SMILES string of the molecule is COc1ccc(OC)c(Nc2nnc(-c3cc(OC)c(OC)c(OC)c3)o2)c1. The minimum Gasteiger partial charge on any atom is -0.497 e. The molecule has 0 bridgehead atoms. The average Bonchev–Trinajstić information content (AvgIpc) is 3.20. The van der Waals surface area contributed by atoms with E-state index < -0.39 is 0 Å². The number of aromatic nitrogens is 2. The van der Waals surface area contributed by atoms with Gasteiger partial charge in [-0.2, -0.15) is 0 Å². The fourth-order valence-corrected chi connectivity index (χ4v) is 2.62. The second kappa shape index (κ2) is 8.38. The van der Waals surface area contributed by atoms with Crippen LogP contribution in [0.1, 0.15) is 0 Å². The van der Waals surface area contributed by atoms with E-state index in [1.165, 1.54) is 21.3 Å². The fraction of sp³-hybridized carbons (Fsp3) is 0.263.